The highest BCUT2D eigenvalue weighted by molar-refractivity contribution is 5.68. The van der Waals surface area contributed by atoms with E-state index in [2.05, 4.69) is 31.9 Å². The van der Waals surface area contributed by atoms with Crippen molar-refractivity contribution < 1.29 is 22.6 Å². The standard InChI is InChI=1S/C23H18F3N5O2/c1-32-17-8-9-20-22(12-17)31-16(13-28-29-31)11-21-19(27-14-30(20)21)7-3-5-15-4-2-6-18(10-15)33-23(24,25)26/h2,4,6,8-10,12,14,16H,5,11,13H2,1H3. The molecule has 5 rings (SSSR count). The Morgan fingerprint density at radius 2 is 2.00 bits per heavy atom. The molecule has 33 heavy (non-hydrogen) atoms. The van der Waals surface area contributed by atoms with Crippen molar-refractivity contribution >= 4 is 5.69 Å². The quantitative estimate of drug-likeness (QED) is 0.549. The van der Waals surface area contributed by atoms with E-state index in [0.717, 1.165) is 22.8 Å². The van der Waals surface area contributed by atoms with E-state index < -0.39 is 6.36 Å². The Balaban J connectivity index is 1.44. The molecular formula is C23H18F3N5O2. The molecule has 1 atom stereocenters. The summed E-state index contributed by atoms with van der Waals surface area (Å²) in [5.74, 6) is 6.56. The Morgan fingerprint density at radius 1 is 1.12 bits per heavy atom. The lowest BCUT2D eigenvalue weighted by atomic mass is 10.1. The first kappa shape index (κ1) is 20.9. The Kier molecular flexibility index (Phi) is 5.17. The van der Waals surface area contributed by atoms with Crippen LogP contribution < -0.4 is 14.5 Å². The zero-order valence-electron chi connectivity index (χ0n) is 17.5. The molecule has 2 aromatic carbocycles. The molecule has 3 aromatic rings. The number of hydrogen-bond acceptors (Lipinski definition) is 6. The third-order valence-electron chi connectivity index (χ3n) is 5.41. The van der Waals surface area contributed by atoms with E-state index in [1.807, 2.05) is 27.8 Å². The molecule has 0 saturated heterocycles. The van der Waals surface area contributed by atoms with Gasteiger partial charge in [0, 0.05) is 18.9 Å². The van der Waals surface area contributed by atoms with Crippen LogP contribution in [0.2, 0.25) is 0 Å². The maximum absolute atomic E-state index is 12.5. The molecule has 0 aliphatic carbocycles. The van der Waals surface area contributed by atoms with Gasteiger partial charge in [0.15, 0.2) is 0 Å². The molecule has 168 valence electrons. The minimum atomic E-state index is -4.73. The number of fused-ring (bicyclic) bond motifs is 5. The van der Waals surface area contributed by atoms with Gasteiger partial charge in [-0.15, -0.1) is 13.2 Å². The first-order valence-electron chi connectivity index (χ1n) is 10.2. The van der Waals surface area contributed by atoms with Gasteiger partial charge >= 0.3 is 6.36 Å². The summed E-state index contributed by atoms with van der Waals surface area (Å²) < 4.78 is 48.7. The smallest absolute Gasteiger partial charge is 0.497 e. The van der Waals surface area contributed by atoms with Gasteiger partial charge in [-0.05, 0) is 35.7 Å². The minimum absolute atomic E-state index is 0.0329. The van der Waals surface area contributed by atoms with E-state index in [9.17, 15) is 13.2 Å². The fraction of sp³-hybridized carbons (Fsp3) is 0.261. The summed E-state index contributed by atoms with van der Waals surface area (Å²) in [5.41, 5.74) is 3.94. The number of imidazole rings is 1. The van der Waals surface area contributed by atoms with Crippen molar-refractivity contribution in [3.05, 3.63) is 65.7 Å². The van der Waals surface area contributed by atoms with Crippen LogP contribution in [0.4, 0.5) is 18.9 Å². The van der Waals surface area contributed by atoms with E-state index in [-0.39, 0.29) is 18.2 Å². The number of anilines is 1. The molecule has 1 unspecified atom stereocenters. The lowest BCUT2D eigenvalue weighted by Gasteiger charge is -2.20. The Morgan fingerprint density at radius 3 is 2.82 bits per heavy atom. The first-order valence-corrected chi connectivity index (χ1v) is 10.2. The fourth-order valence-electron chi connectivity index (χ4n) is 3.95. The maximum Gasteiger partial charge on any atom is 0.573 e. The summed E-state index contributed by atoms with van der Waals surface area (Å²) in [7, 11) is 1.61. The minimum Gasteiger partial charge on any atom is -0.497 e. The zero-order chi connectivity index (χ0) is 23.0. The molecule has 10 heteroatoms. The van der Waals surface area contributed by atoms with Crippen LogP contribution in [0.1, 0.15) is 17.0 Å². The van der Waals surface area contributed by atoms with Crippen molar-refractivity contribution in [2.24, 2.45) is 10.3 Å². The summed E-state index contributed by atoms with van der Waals surface area (Å²) in [6.07, 6.45) is -2.11. The molecule has 2 aliphatic rings. The second kappa shape index (κ2) is 8.16. The highest BCUT2D eigenvalue weighted by Gasteiger charge is 2.33. The van der Waals surface area contributed by atoms with Gasteiger partial charge in [-0.2, -0.15) is 5.11 Å². The molecular weight excluding hydrogens is 435 g/mol. The van der Waals surface area contributed by atoms with Crippen molar-refractivity contribution in [1.29, 1.82) is 0 Å². The van der Waals surface area contributed by atoms with Crippen LogP contribution in [-0.2, 0) is 12.8 Å². The normalized spacial score (nSPS) is 16.2. The SMILES string of the molecule is COc1ccc2c(c1)N1N=NCC1Cc1c(C#CCc3cccc(OC(F)(F)F)c3)ncn1-2. The highest BCUT2D eigenvalue weighted by atomic mass is 19.4. The molecule has 0 amide bonds. The molecule has 0 fully saturated rings. The van der Waals surface area contributed by atoms with Crippen molar-refractivity contribution in [3.63, 3.8) is 0 Å². The van der Waals surface area contributed by atoms with E-state index in [4.69, 9.17) is 4.74 Å². The third kappa shape index (κ3) is 4.22. The number of rotatable bonds is 3. The summed E-state index contributed by atoms with van der Waals surface area (Å²) in [5, 5.41) is 10.4. The third-order valence-corrected chi connectivity index (χ3v) is 5.41. The van der Waals surface area contributed by atoms with Crippen LogP contribution in [0.25, 0.3) is 5.69 Å². The molecule has 1 aromatic heterocycles. The van der Waals surface area contributed by atoms with E-state index in [1.165, 1.54) is 18.2 Å². The van der Waals surface area contributed by atoms with Gasteiger partial charge in [-0.1, -0.05) is 23.3 Å². The van der Waals surface area contributed by atoms with Gasteiger partial charge in [0.2, 0.25) is 0 Å². The Labute approximate surface area is 187 Å². The number of ether oxygens (including phenoxy) is 2. The molecule has 0 spiro atoms. The average molecular weight is 453 g/mol. The number of halogens is 3. The molecule has 2 aliphatic heterocycles. The summed E-state index contributed by atoms with van der Waals surface area (Å²) >= 11 is 0. The molecule has 0 radical (unpaired) electrons. The van der Waals surface area contributed by atoms with Crippen LogP contribution in [0.15, 0.2) is 59.1 Å². The Hall–Kier alpha value is -4.00. The van der Waals surface area contributed by atoms with Crippen molar-refractivity contribution in [2.75, 3.05) is 18.7 Å². The monoisotopic (exact) mass is 453 g/mol. The molecule has 3 heterocycles. The van der Waals surface area contributed by atoms with Crippen LogP contribution in [0.5, 0.6) is 11.5 Å². The number of nitrogens with zero attached hydrogens (tertiary/aromatic N) is 5. The maximum atomic E-state index is 12.5. The number of hydrogen-bond donors (Lipinski definition) is 0. The second-order valence-corrected chi connectivity index (χ2v) is 7.55. The highest BCUT2D eigenvalue weighted by Crippen LogP contribution is 2.37. The number of aromatic nitrogens is 2. The first-order chi connectivity index (χ1) is 15.9. The molecule has 0 saturated carbocycles. The summed E-state index contributed by atoms with van der Waals surface area (Å²) in [6.45, 7) is 0.556. The van der Waals surface area contributed by atoms with Gasteiger partial charge < -0.3 is 9.47 Å². The largest absolute Gasteiger partial charge is 0.573 e. The summed E-state index contributed by atoms with van der Waals surface area (Å²) in [6, 6.07) is 11.6. The molecule has 0 bridgehead atoms. The van der Waals surface area contributed by atoms with Gasteiger partial charge in [-0.25, -0.2) is 9.99 Å². The van der Waals surface area contributed by atoms with E-state index >= 15 is 0 Å². The van der Waals surface area contributed by atoms with Crippen molar-refractivity contribution in [3.8, 4) is 29.0 Å². The molecule has 7 nitrogen and oxygen atoms in total. The number of methoxy groups -OCH3 is 1. The predicted octanol–water partition coefficient (Wildman–Crippen LogP) is 4.49. The van der Waals surface area contributed by atoms with Crippen LogP contribution in [0.3, 0.4) is 0 Å². The van der Waals surface area contributed by atoms with Crippen LogP contribution in [-0.4, -0.2) is 35.6 Å². The lowest BCUT2D eigenvalue weighted by molar-refractivity contribution is -0.274. The fourth-order valence-corrected chi connectivity index (χ4v) is 3.95. The molecule has 0 N–H and O–H groups in total. The average Bonchev–Trinajstić information content (AvgIpc) is 3.37. The van der Waals surface area contributed by atoms with E-state index in [1.54, 1.807) is 19.5 Å². The Bertz CT molecular complexity index is 1290. The number of alkyl halides is 3. The summed E-state index contributed by atoms with van der Waals surface area (Å²) in [4.78, 5) is 4.50. The number of benzene rings is 2. The van der Waals surface area contributed by atoms with E-state index in [0.29, 0.717) is 24.2 Å². The van der Waals surface area contributed by atoms with Gasteiger partial charge in [-0.3, -0.25) is 4.57 Å². The van der Waals surface area contributed by atoms with Crippen LogP contribution >= 0.6 is 0 Å². The zero-order valence-corrected chi connectivity index (χ0v) is 17.5. The van der Waals surface area contributed by atoms with Crippen LogP contribution in [0, 0.1) is 11.8 Å². The predicted molar refractivity (Wildman–Crippen MR) is 114 cm³/mol. The topological polar surface area (TPSA) is 64.2 Å². The van der Waals surface area contributed by atoms with Crippen molar-refractivity contribution in [2.45, 2.75) is 25.2 Å². The van der Waals surface area contributed by atoms with Gasteiger partial charge in [0.25, 0.3) is 0 Å². The van der Waals surface area contributed by atoms with Crippen molar-refractivity contribution in [1.82, 2.24) is 9.55 Å². The second-order valence-electron chi connectivity index (χ2n) is 7.55. The van der Waals surface area contributed by atoms with Gasteiger partial charge in [0.05, 0.1) is 36.8 Å². The van der Waals surface area contributed by atoms with Gasteiger partial charge in [0.1, 0.15) is 23.5 Å². The lowest BCUT2D eigenvalue weighted by Crippen LogP contribution is -2.30.